The van der Waals surface area contributed by atoms with Crippen molar-refractivity contribution in [3.8, 4) is 0 Å². The van der Waals surface area contributed by atoms with Crippen LogP contribution in [-0.2, 0) is 14.3 Å². The van der Waals surface area contributed by atoms with Crippen LogP contribution >= 0.6 is 0 Å². The highest BCUT2D eigenvalue weighted by molar-refractivity contribution is 7.86. The molecule has 3 nitrogen and oxygen atoms in total. The van der Waals surface area contributed by atoms with Gasteiger partial charge in [0.15, 0.2) is 0 Å². The molecule has 0 heterocycles. The van der Waals surface area contributed by atoms with Crippen molar-refractivity contribution >= 4 is 10.1 Å². The van der Waals surface area contributed by atoms with E-state index in [2.05, 4.69) is 0 Å². The van der Waals surface area contributed by atoms with Crippen molar-refractivity contribution < 1.29 is 12.6 Å². The zero-order valence-corrected chi connectivity index (χ0v) is 7.56. The van der Waals surface area contributed by atoms with Gasteiger partial charge in [-0.15, -0.1) is 0 Å². The van der Waals surface area contributed by atoms with Gasteiger partial charge in [0.1, 0.15) is 0 Å². The van der Waals surface area contributed by atoms with Crippen molar-refractivity contribution in [2.24, 2.45) is 0 Å². The maximum Gasteiger partial charge on any atom is 0.267 e. The second kappa shape index (κ2) is 3.54. The molecule has 0 bridgehead atoms. The molecule has 0 aromatic heterocycles. The zero-order valence-electron chi connectivity index (χ0n) is 6.75. The highest BCUT2D eigenvalue weighted by Gasteiger charge is 2.24. The smallest absolute Gasteiger partial charge is 0.267 e. The Bertz CT molecular complexity index is 204. The largest absolute Gasteiger partial charge is 0.267 e. The Morgan fingerprint density at radius 3 is 2.45 bits per heavy atom. The first kappa shape index (κ1) is 9.00. The molecule has 0 unspecified atom stereocenters. The standard InChI is InChI=1S/C7H14O3S/c1-2-6-11(8,9)10-7-4-3-5-7/h7H,2-6H2,1H3. The fourth-order valence-corrected chi connectivity index (χ4v) is 2.18. The average Bonchev–Trinajstić information content (AvgIpc) is 1.79. The van der Waals surface area contributed by atoms with Crippen LogP contribution in [0.2, 0.25) is 0 Å². The highest BCUT2D eigenvalue weighted by Crippen LogP contribution is 2.23. The predicted molar refractivity (Wildman–Crippen MR) is 42.8 cm³/mol. The van der Waals surface area contributed by atoms with E-state index in [1.54, 1.807) is 0 Å². The molecular formula is C7H14O3S. The first-order valence-electron chi connectivity index (χ1n) is 4.05. The van der Waals surface area contributed by atoms with Crippen LogP contribution in [0.15, 0.2) is 0 Å². The fraction of sp³-hybridized carbons (Fsp3) is 1.00. The molecule has 1 rings (SSSR count). The van der Waals surface area contributed by atoms with Gasteiger partial charge in [-0.2, -0.15) is 8.42 Å². The SMILES string of the molecule is CCCS(=O)(=O)OC1CCC1. The topological polar surface area (TPSA) is 43.4 Å². The molecule has 4 heteroatoms. The van der Waals surface area contributed by atoms with Crippen molar-refractivity contribution in [1.29, 1.82) is 0 Å². The van der Waals surface area contributed by atoms with Crippen molar-refractivity contribution in [2.45, 2.75) is 38.7 Å². The second-order valence-corrected chi connectivity index (χ2v) is 4.63. The number of hydrogen-bond acceptors (Lipinski definition) is 3. The summed E-state index contributed by atoms with van der Waals surface area (Å²) < 4.78 is 26.9. The molecule has 0 radical (unpaired) electrons. The lowest BCUT2D eigenvalue weighted by Crippen LogP contribution is -2.26. The van der Waals surface area contributed by atoms with Crippen LogP contribution in [0.4, 0.5) is 0 Å². The summed E-state index contributed by atoms with van der Waals surface area (Å²) in [7, 11) is -3.19. The van der Waals surface area contributed by atoms with Crippen molar-refractivity contribution in [1.82, 2.24) is 0 Å². The van der Waals surface area contributed by atoms with E-state index < -0.39 is 10.1 Å². The van der Waals surface area contributed by atoms with Crippen LogP contribution in [0.3, 0.4) is 0 Å². The minimum absolute atomic E-state index is 0.00782. The lowest BCUT2D eigenvalue weighted by atomic mass is 9.97. The summed E-state index contributed by atoms with van der Waals surface area (Å²) in [6.07, 6.45) is 3.54. The molecule has 66 valence electrons. The van der Waals surface area contributed by atoms with Gasteiger partial charge in [0, 0.05) is 0 Å². The summed E-state index contributed by atoms with van der Waals surface area (Å²) in [5, 5.41) is 0. The van der Waals surface area contributed by atoms with Crippen LogP contribution < -0.4 is 0 Å². The Morgan fingerprint density at radius 1 is 1.45 bits per heavy atom. The summed E-state index contributed by atoms with van der Waals surface area (Å²) in [5.74, 6) is 0.156. The van der Waals surface area contributed by atoms with Gasteiger partial charge < -0.3 is 0 Å². The van der Waals surface area contributed by atoms with E-state index in [9.17, 15) is 8.42 Å². The predicted octanol–water partition coefficient (Wildman–Crippen LogP) is 1.30. The lowest BCUT2D eigenvalue weighted by Gasteiger charge is -2.24. The van der Waals surface area contributed by atoms with Gasteiger partial charge in [-0.25, -0.2) is 0 Å². The highest BCUT2D eigenvalue weighted by atomic mass is 32.2. The molecule has 0 saturated heterocycles. The molecular weight excluding hydrogens is 164 g/mol. The van der Waals surface area contributed by atoms with E-state index in [4.69, 9.17) is 4.18 Å². The van der Waals surface area contributed by atoms with Crippen LogP contribution in [0.1, 0.15) is 32.6 Å². The number of hydrogen-bond donors (Lipinski definition) is 0. The quantitative estimate of drug-likeness (QED) is 0.609. The molecule has 0 N–H and O–H groups in total. The van der Waals surface area contributed by atoms with Gasteiger partial charge in [0.25, 0.3) is 10.1 Å². The molecule has 0 aliphatic heterocycles. The van der Waals surface area contributed by atoms with Crippen molar-refractivity contribution in [3.05, 3.63) is 0 Å². The fourth-order valence-electron chi connectivity index (χ4n) is 0.972. The Hall–Kier alpha value is -0.0900. The van der Waals surface area contributed by atoms with E-state index in [0.29, 0.717) is 6.42 Å². The van der Waals surface area contributed by atoms with Crippen LogP contribution in [0.25, 0.3) is 0 Å². The van der Waals surface area contributed by atoms with E-state index in [-0.39, 0.29) is 11.9 Å². The molecule has 0 aromatic carbocycles. The van der Waals surface area contributed by atoms with Crippen LogP contribution in [-0.4, -0.2) is 20.3 Å². The van der Waals surface area contributed by atoms with Gasteiger partial charge in [-0.05, 0) is 25.7 Å². The van der Waals surface area contributed by atoms with Gasteiger partial charge in [-0.1, -0.05) is 6.92 Å². The summed E-state index contributed by atoms with van der Waals surface area (Å²) in [6, 6.07) is 0. The molecule has 1 aliphatic carbocycles. The summed E-state index contributed by atoms with van der Waals surface area (Å²) in [4.78, 5) is 0. The first-order valence-corrected chi connectivity index (χ1v) is 5.63. The molecule has 0 spiro atoms. The molecule has 0 amide bonds. The normalized spacial score (nSPS) is 19.7. The molecule has 1 aliphatic rings. The first-order chi connectivity index (χ1) is 5.14. The van der Waals surface area contributed by atoms with Crippen molar-refractivity contribution in [2.75, 3.05) is 5.75 Å². The average molecular weight is 178 g/mol. The maximum absolute atomic E-state index is 11.0. The van der Waals surface area contributed by atoms with Crippen LogP contribution in [0.5, 0.6) is 0 Å². The van der Waals surface area contributed by atoms with Gasteiger partial charge in [0.2, 0.25) is 0 Å². The second-order valence-electron chi connectivity index (χ2n) is 2.91. The van der Waals surface area contributed by atoms with E-state index >= 15 is 0 Å². The Kier molecular flexibility index (Phi) is 2.90. The molecule has 1 fully saturated rings. The number of rotatable bonds is 4. The third kappa shape index (κ3) is 2.79. The minimum atomic E-state index is -3.19. The summed E-state index contributed by atoms with van der Waals surface area (Å²) in [6.45, 7) is 1.84. The zero-order chi connectivity index (χ0) is 8.32. The third-order valence-corrected chi connectivity index (χ3v) is 3.26. The van der Waals surface area contributed by atoms with E-state index in [1.165, 1.54) is 0 Å². The molecule has 0 atom stereocenters. The Morgan fingerprint density at radius 2 is 2.09 bits per heavy atom. The van der Waals surface area contributed by atoms with Gasteiger partial charge in [0.05, 0.1) is 11.9 Å². The van der Waals surface area contributed by atoms with Crippen molar-refractivity contribution in [3.63, 3.8) is 0 Å². The Labute approximate surface area is 67.9 Å². The summed E-state index contributed by atoms with van der Waals surface area (Å²) in [5.41, 5.74) is 0. The monoisotopic (exact) mass is 178 g/mol. The van der Waals surface area contributed by atoms with Gasteiger partial charge >= 0.3 is 0 Å². The molecule has 11 heavy (non-hydrogen) atoms. The third-order valence-electron chi connectivity index (χ3n) is 1.79. The van der Waals surface area contributed by atoms with Gasteiger partial charge in [-0.3, -0.25) is 4.18 Å². The summed E-state index contributed by atoms with van der Waals surface area (Å²) >= 11 is 0. The maximum atomic E-state index is 11.0. The molecule has 1 saturated carbocycles. The molecule has 0 aromatic rings. The van der Waals surface area contributed by atoms with E-state index in [0.717, 1.165) is 19.3 Å². The van der Waals surface area contributed by atoms with Crippen LogP contribution in [0, 0.1) is 0 Å². The van der Waals surface area contributed by atoms with E-state index in [1.807, 2.05) is 6.92 Å². The Balaban J connectivity index is 2.33. The lowest BCUT2D eigenvalue weighted by molar-refractivity contribution is 0.127. The minimum Gasteiger partial charge on any atom is -0.267 e.